The van der Waals surface area contributed by atoms with Gasteiger partial charge in [0.1, 0.15) is 0 Å². The number of hydrogen-bond acceptors (Lipinski definition) is 5. The van der Waals surface area contributed by atoms with Crippen LogP contribution in [0.15, 0.2) is 53.9 Å². The van der Waals surface area contributed by atoms with Gasteiger partial charge in [0.2, 0.25) is 0 Å². The van der Waals surface area contributed by atoms with E-state index in [1.165, 1.54) is 11.9 Å². The van der Waals surface area contributed by atoms with Gasteiger partial charge in [0, 0.05) is 31.2 Å². The third kappa shape index (κ3) is 4.14. The Kier molecular flexibility index (Phi) is 4.95. The molecule has 0 atom stereocenters. The molecule has 0 bridgehead atoms. The lowest BCUT2D eigenvalue weighted by Crippen LogP contribution is -2.36. The van der Waals surface area contributed by atoms with Gasteiger partial charge in [-0.2, -0.15) is 5.10 Å². The number of amides is 1. The second kappa shape index (κ2) is 7.51. The van der Waals surface area contributed by atoms with Crippen LogP contribution in [0.1, 0.15) is 15.9 Å². The monoisotopic (exact) mass is 310 g/mol. The van der Waals surface area contributed by atoms with Crippen molar-refractivity contribution in [3.8, 4) is 0 Å². The Labute approximate surface area is 134 Å². The highest BCUT2D eigenvalue weighted by atomic mass is 16.5. The van der Waals surface area contributed by atoms with Crippen LogP contribution in [0.4, 0.5) is 5.69 Å². The zero-order valence-corrected chi connectivity index (χ0v) is 12.7. The largest absolute Gasteiger partial charge is 0.378 e. The summed E-state index contributed by atoms with van der Waals surface area (Å²) in [5.74, 6) is -0.278. The Morgan fingerprint density at radius 3 is 2.70 bits per heavy atom. The van der Waals surface area contributed by atoms with E-state index in [0.717, 1.165) is 31.9 Å². The smallest absolute Gasteiger partial charge is 0.272 e. The fourth-order valence-corrected chi connectivity index (χ4v) is 2.32. The number of ether oxygens (including phenoxy) is 1. The standard InChI is InChI=1S/C17H18N4O2/c22-17(15-2-1-7-18-13-15)20-19-12-14-3-5-16(6-4-14)21-8-10-23-11-9-21/h1-7,12-13H,8-11H2,(H,20,22)/b19-12-. The van der Waals surface area contributed by atoms with Crippen LogP contribution in [-0.4, -0.2) is 43.4 Å². The zero-order chi connectivity index (χ0) is 15.9. The molecule has 1 saturated heterocycles. The second-order valence-electron chi connectivity index (χ2n) is 5.13. The number of morpholine rings is 1. The average Bonchev–Trinajstić information content (AvgIpc) is 2.64. The van der Waals surface area contributed by atoms with E-state index in [9.17, 15) is 4.79 Å². The molecule has 2 aromatic rings. The van der Waals surface area contributed by atoms with E-state index in [1.807, 2.05) is 12.1 Å². The van der Waals surface area contributed by atoms with E-state index < -0.39 is 0 Å². The molecule has 1 amide bonds. The normalized spacial score (nSPS) is 14.9. The Morgan fingerprint density at radius 2 is 2.00 bits per heavy atom. The molecule has 1 aliphatic rings. The topological polar surface area (TPSA) is 66.8 Å². The molecule has 0 unspecified atom stereocenters. The maximum Gasteiger partial charge on any atom is 0.272 e. The number of nitrogens with one attached hydrogen (secondary N) is 1. The minimum atomic E-state index is -0.278. The van der Waals surface area contributed by atoms with Crippen molar-refractivity contribution in [2.75, 3.05) is 31.2 Å². The summed E-state index contributed by atoms with van der Waals surface area (Å²) in [4.78, 5) is 18.0. The van der Waals surface area contributed by atoms with E-state index >= 15 is 0 Å². The minimum absolute atomic E-state index is 0.278. The number of hydrazone groups is 1. The highest BCUT2D eigenvalue weighted by molar-refractivity contribution is 5.94. The van der Waals surface area contributed by atoms with Crippen molar-refractivity contribution < 1.29 is 9.53 Å². The van der Waals surface area contributed by atoms with Gasteiger partial charge in [0.25, 0.3) is 5.91 Å². The quantitative estimate of drug-likeness (QED) is 0.689. The summed E-state index contributed by atoms with van der Waals surface area (Å²) in [6.45, 7) is 3.36. The predicted octanol–water partition coefficient (Wildman–Crippen LogP) is 1.68. The van der Waals surface area contributed by atoms with Crippen LogP contribution in [0.3, 0.4) is 0 Å². The van der Waals surface area contributed by atoms with Crippen LogP contribution in [0.25, 0.3) is 0 Å². The third-order valence-corrected chi connectivity index (χ3v) is 3.57. The van der Waals surface area contributed by atoms with Crippen molar-refractivity contribution in [3.63, 3.8) is 0 Å². The SMILES string of the molecule is O=C(N/N=C\c1ccc(N2CCOCC2)cc1)c1cccnc1. The Bertz CT molecular complexity index is 665. The number of aromatic nitrogens is 1. The van der Waals surface area contributed by atoms with Gasteiger partial charge in [0.15, 0.2) is 0 Å². The maximum absolute atomic E-state index is 11.8. The first-order chi connectivity index (χ1) is 11.3. The summed E-state index contributed by atoms with van der Waals surface area (Å²) in [5, 5.41) is 3.97. The lowest BCUT2D eigenvalue weighted by Gasteiger charge is -2.28. The molecule has 1 N–H and O–H groups in total. The predicted molar refractivity (Wildman–Crippen MR) is 88.8 cm³/mol. The van der Waals surface area contributed by atoms with Gasteiger partial charge in [-0.05, 0) is 29.8 Å². The van der Waals surface area contributed by atoms with Crippen LogP contribution in [0, 0.1) is 0 Å². The number of nitrogens with zero attached hydrogens (tertiary/aromatic N) is 3. The maximum atomic E-state index is 11.8. The molecule has 6 nitrogen and oxygen atoms in total. The number of anilines is 1. The summed E-state index contributed by atoms with van der Waals surface area (Å²) in [6.07, 6.45) is 4.75. The molecule has 1 aromatic carbocycles. The van der Waals surface area contributed by atoms with Crippen LogP contribution in [0.2, 0.25) is 0 Å². The first kappa shape index (κ1) is 15.2. The van der Waals surface area contributed by atoms with E-state index in [2.05, 4.69) is 32.5 Å². The molecule has 1 fully saturated rings. The minimum Gasteiger partial charge on any atom is -0.378 e. The Balaban J connectivity index is 1.56. The lowest BCUT2D eigenvalue weighted by molar-refractivity contribution is 0.0955. The first-order valence-corrected chi connectivity index (χ1v) is 7.49. The second-order valence-corrected chi connectivity index (χ2v) is 5.13. The van der Waals surface area contributed by atoms with Crippen molar-refractivity contribution in [2.24, 2.45) is 5.10 Å². The van der Waals surface area contributed by atoms with Gasteiger partial charge in [-0.15, -0.1) is 0 Å². The molecule has 0 spiro atoms. The molecular weight excluding hydrogens is 292 g/mol. The van der Waals surface area contributed by atoms with Gasteiger partial charge in [-0.3, -0.25) is 9.78 Å². The molecule has 3 rings (SSSR count). The molecule has 2 heterocycles. The molecule has 23 heavy (non-hydrogen) atoms. The van der Waals surface area contributed by atoms with Crippen molar-refractivity contribution >= 4 is 17.8 Å². The number of pyridine rings is 1. The van der Waals surface area contributed by atoms with E-state index in [4.69, 9.17) is 4.74 Å². The number of hydrogen-bond donors (Lipinski definition) is 1. The highest BCUT2D eigenvalue weighted by Crippen LogP contribution is 2.15. The lowest BCUT2D eigenvalue weighted by atomic mass is 10.2. The number of rotatable bonds is 4. The number of benzene rings is 1. The summed E-state index contributed by atoms with van der Waals surface area (Å²) in [7, 11) is 0. The van der Waals surface area contributed by atoms with Crippen molar-refractivity contribution in [1.82, 2.24) is 10.4 Å². The molecular formula is C17H18N4O2. The van der Waals surface area contributed by atoms with Crippen LogP contribution < -0.4 is 10.3 Å². The number of carbonyl (C=O) groups is 1. The molecule has 0 saturated carbocycles. The Morgan fingerprint density at radius 1 is 1.22 bits per heavy atom. The summed E-state index contributed by atoms with van der Waals surface area (Å²) < 4.78 is 5.35. The number of carbonyl (C=O) groups excluding carboxylic acids is 1. The first-order valence-electron chi connectivity index (χ1n) is 7.49. The summed E-state index contributed by atoms with van der Waals surface area (Å²) in [6, 6.07) is 11.5. The van der Waals surface area contributed by atoms with Crippen LogP contribution in [-0.2, 0) is 4.74 Å². The average molecular weight is 310 g/mol. The van der Waals surface area contributed by atoms with Gasteiger partial charge in [-0.1, -0.05) is 12.1 Å². The summed E-state index contributed by atoms with van der Waals surface area (Å²) >= 11 is 0. The molecule has 0 radical (unpaired) electrons. The van der Waals surface area contributed by atoms with E-state index in [0.29, 0.717) is 5.56 Å². The Hall–Kier alpha value is -2.73. The van der Waals surface area contributed by atoms with Gasteiger partial charge >= 0.3 is 0 Å². The third-order valence-electron chi connectivity index (χ3n) is 3.57. The van der Waals surface area contributed by atoms with Gasteiger partial charge in [0.05, 0.1) is 25.0 Å². The fraction of sp³-hybridized carbons (Fsp3) is 0.235. The molecule has 118 valence electrons. The summed E-state index contributed by atoms with van der Waals surface area (Å²) in [5.41, 5.74) is 5.06. The van der Waals surface area contributed by atoms with Crippen LogP contribution in [0.5, 0.6) is 0 Å². The van der Waals surface area contributed by atoms with Gasteiger partial charge < -0.3 is 9.64 Å². The molecule has 0 aliphatic carbocycles. The van der Waals surface area contributed by atoms with Crippen molar-refractivity contribution in [3.05, 3.63) is 59.9 Å². The van der Waals surface area contributed by atoms with Crippen molar-refractivity contribution in [2.45, 2.75) is 0 Å². The highest BCUT2D eigenvalue weighted by Gasteiger charge is 2.10. The van der Waals surface area contributed by atoms with E-state index in [-0.39, 0.29) is 5.91 Å². The molecule has 1 aromatic heterocycles. The molecule has 1 aliphatic heterocycles. The van der Waals surface area contributed by atoms with Gasteiger partial charge in [-0.25, -0.2) is 5.43 Å². The van der Waals surface area contributed by atoms with Crippen molar-refractivity contribution in [1.29, 1.82) is 0 Å². The van der Waals surface area contributed by atoms with E-state index in [1.54, 1.807) is 24.5 Å². The zero-order valence-electron chi connectivity index (χ0n) is 12.7. The van der Waals surface area contributed by atoms with Crippen LogP contribution >= 0.6 is 0 Å². The fourth-order valence-electron chi connectivity index (χ4n) is 2.32. The molecule has 6 heteroatoms.